The zero-order chi connectivity index (χ0) is 9.72. The van der Waals surface area contributed by atoms with Gasteiger partial charge in [0.05, 0.1) is 6.61 Å². The van der Waals surface area contributed by atoms with Crippen LogP contribution in [0.25, 0.3) is 0 Å². The zero-order valence-electron chi connectivity index (χ0n) is 6.24. The number of aliphatic hydroxyl groups excluding tert-OH is 5. The molecule has 0 aromatic rings. The second kappa shape index (κ2) is 11.0. The molecular weight excluding hydrogens is 232 g/mol. The number of aldehydes is 1. The molecule has 0 radical (unpaired) electrons. The van der Waals surface area contributed by atoms with E-state index in [-0.39, 0.29) is 67.1 Å². The van der Waals surface area contributed by atoms with Crippen LogP contribution in [0.3, 0.4) is 0 Å². The predicted octanol–water partition coefficient (Wildman–Crippen LogP) is -5.21. The Hall–Kier alpha value is 1.50. The van der Waals surface area contributed by atoms with Crippen molar-refractivity contribution in [1.29, 1.82) is 0 Å². The van der Waals surface area contributed by atoms with Gasteiger partial charge in [-0.2, -0.15) is 0 Å². The molecule has 0 bridgehead atoms. The number of carbonyl (C=O) groups excluding carboxylic acids is 1. The van der Waals surface area contributed by atoms with E-state index in [1.807, 2.05) is 0 Å². The van der Waals surface area contributed by atoms with E-state index in [1.165, 1.54) is 0 Å². The van der Waals surface area contributed by atoms with E-state index in [1.54, 1.807) is 0 Å². The molecule has 0 aromatic carbocycles. The largest absolute Gasteiger partial charge is 0.316 e. The van der Waals surface area contributed by atoms with Crippen molar-refractivity contribution < 1.29 is 30.3 Å². The van der Waals surface area contributed by atoms with Gasteiger partial charge in [0.15, 0.2) is 6.29 Å². The summed E-state index contributed by atoms with van der Waals surface area (Å²) in [4.78, 5) is 9.90. The van der Waals surface area contributed by atoms with E-state index in [2.05, 4.69) is 0 Å². The van der Waals surface area contributed by atoms with Gasteiger partial charge in [0.1, 0.15) is 24.4 Å². The van der Waals surface area contributed by atoms with Crippen LogP contribution in [0.15, 0.2) is 0 Å². The standard InChI is InChI=1S/C6H12O6.Ca.Mg.4H/c7-1-3(9)5(11)6(12)4(10)2-8;;;;;;/h1,3-6,8-12H,2H2;;;;;;/t3-,4+,5+,6+;;;;;;/m0....../s1. The zero-order valence-corrected chi connectivity index (χ0v) is 6.24. The summed E-state index contributed by atoms with van der Waals surface area (Å²) < 4.78 is 0. The van der Waals surface area contributed by atoms with Gasteiger partial charge in [0.25, 0.3) is 0 Å². The molecule has 0 spiro atoms. The first kappa shape index (κ1) is 20.9. The average molecular weight is 249 g/mol. The van der Waals surface area contributed by atoms with Crippen LogP contribution in [0, 0.1) is 0 Å². The van der Waals surface area contributed by atoms with Gasteiger partial charge in [0.2, 0.25) is 0 Å². The number of hydrogen-bond donors (Lipinski definition) is 5. The first-order chi connectivity index (χ1) is 5.54. The van der Waals surface area contributed by atoms with Gasteiger partial charge in [0, 0.05) is 0 Å². The smallest absolute Gasteiger partial charge is 0.316 e. The van der Waals surface area contributed by atoms with E-state index in [4.69, 9.17) is 25.5 Å². The van der Waals surface area contributed by atoms with Gasteiger partial charge in [-0.25, -0.2) is 0 Å². The number of rotatable bonds is 5. The minimum atomic E-state index is -1.79. The summed E-state index contributed by atoms with van der Waals surface area (Å²) >= 11 is 0. The third-order valence-electron chi connectivity index (χ3n) is 1.42. The van der Waals surface area contributed by atoms with E-state index < -0.39 is 31.0 Å². The first-order valence-electron chi connectivity index (χ1n) is 3.33. The molecule has 80 valence electrons. The van der Waals surface area contributed by atoms with Crippen molar-refractivity contribution in [2.45, 2.75) is 24.4 Å². The van der Waals surface area contributed by atoms with Crippen LogP contribution in [-0.4, -0.2) is 124 Å². The molecule has 0 aliphatic carbocycles. The van der Waals surface area contributed by atoms with E-state index >= 15 is 0 Å². The Morgan fingerprint density at radius 2 is 1.50 bits per heavy atom. The van der Waals surface area contributed by atoms with Crippen molar-refractivity contribution in [2.24, 2.45) is 0 Å². The van der Waals surface area contributed by atoms with Crippen LogP contribution < -0.4 is 0 Å². The molecule has 4 atom stereocenters. The molecule has 0 saturated carbocycles. The van der Waals surface area contributed by atoms with Crippen molar-refractivity contribution in [1.82, 2.24) is 0 Å². The Morgan fingerprint density at radius 1 is 1.07 bits per heavy atom. The maximum atomic E-state index is 9.90. The second-order valence-corrected chi connectivity index (χ2v) is 2.36. The van der Waals surface area contributed by atoms with Gasteiger partial charge >= 0.3 is 60.8 Å². The number of aliphatic hydroxyl groups is 5. The number of carbonyl (C=O) groups is 1. The Bertz CT molecular complexity index is 148. The Balaban J connectivity index is -0.000000605. The molecule has 0 saturated heterocycles. The van der Waals surface area contributed by atoms with Gasteiger partial charge < -0.3 is 30.3 Å². The molecule has 8 heteroatoms. The Kier molecular flexibility index (Phi) is 16.4. The SMILES string of the molecule is O=C[C@H](O)[C@@H](O)[C@H](O)[C@H](O)CO.[CaH2].[MgH2]. The molecule has 0 rings (SSSR count). The summed E-state index contributed by atoms with van der Waals surface area (Å²) in [5.74, 6) is 0. The topological polar surface area (TPSA) is 118 Å². The molecule has 5 N–H and O–H groups in total. The van der Waals surface area contributed by atoms with Crippen LogP contribution in [0.4, 0.5) is 0 Å². The third kappa shape index (κ3) is 6.88. The molecule has 0 unspecified atom stereocenters. The average Bonchev–Trinajstić information content (AvgIpc) is 2.12. The molecule has 0 heterocycles. The molecular formula is C6H16CaMgO6. The molecule has 0 aliphatic heterocycles. The van der Waals surface area contributed by atoms with Crippen LogP contribution in [0.5, 0.6) is 0 Å². The number of hydrogen-bond acceptors (Lipinski definition) is 6. The van der Waals surface area contributed by atoms with E-state index in [9.17, 15) is 4.79 Å². The van der Waals surface area contributed by atoms with Gasteiger partial charge in [-0.1, -0.05) is 0 Å². The summed E-state index contributed by atoms with van der Waals surface area (Å²) in [7, 11) is 0. The molecule has 0 aromatic heterocycles. The van der Waals surface area contributed by atoms with Crippen molar-refractivity contribution in [3.8, 4) is 0 Å². The minimum absolute atomic E-state index is 0. The van der Waals surface area contributed by atoms with Crippen molar-refractivity contribution in [2.75, 3.05) is 6.61 Å². The fourth-order valence-corrected chi connectivity index (χ4v) is 0.618. The molecule has 0 aliphatic rings. The molecule has 0 fully saturated rings. The third-order valence-corrected chi connectivity index (χ3v) is 1.42. The monoisotopic (exact) mass is 248 g/mol. The predicted molar refractivity (Wildman–Crippen MR) is 54.3 cm³/mol. The minimum Gasteiger partial charge on any atom is 0.316 e. The van der Waals surface area contributed by atoms with Crippen LogP contribution in [0.1, 0.15) is 0 Å². The van der Waals surface area contributed by atoms with Crippen LogP contribution in [-0.2, 0) is 4.79 Å². The van der Waals surface area contributed by atoms with Gasteiger partial charge in [-0.15, -0.1) is 0 Å². The van der Waals surface area contributed by atoms with Gasteiger partial charge in [-0.05, 0) is 0 Å². The first-order valence-corrected chi connectivity index (χ1v) is 3.33. The maximum Gasteiger partial charge on any atom is 0.316 e. The summed E-state index contributed by atoms with van der Waals surface area (Å²) in [6.07, 6.45) is -6.84. The summed E-state index contributed by atoms with van der Waals surface area (Å²) in [5.41, 5.74) is 0. The molecule has 6 nitrogen and oxygen atoms in total. The van der Waals surface area contributed by atoms with Crippen molar-refractivity contribution in [3.63, 3.8) is 0 Å². The second-order valence-electron chi connectivity index (χ2n) is 2.36. The fourth-order valence-electron chi connectivity index (χ4n) is 0.618. The maximum absolute atomic E-state index is 9.90. The van der Waals surface area contributed by atoms with E-state index in [0.717, 1.165) is 0 Å². The summed E-state index contributed by atoms with van der Waals surface area (Å²) in [6.45, 7) is -0.760. The van der Waals surface area contributed by atoms with Crippen LogP contribution >= 0.6 is 0 Å². The van der Waals surface area contributed by atoms with Crippen LogP contribution in [0.2, 0.25) is 0 Å². The summed E-state index contributed by atoms with van der Waals surface area (Å²) in [6, 6.07) is 0. The van der Waals surface area contributed by atoms with Gasteiger partial charge in [-0.3, -0.25) is 0 Å². The quantitative estimate of drug-likeness (QED) is 0.245. The van der Waals surface area contributed by atoms with Crippen molar-refractivity contribution >= 4 is 67.1 Å². The van der Waals surface area contributed by atoms with E-state index in [0.29, 0.717) is 0 Å². The summed E-state index contributed by atoms with van der Waals surface area (Å²) in [5, 5.41) is 43.5. The molecule has 14 heavy (non-hydrogen) atoms. The fraction of sp³-hybridized carbons (Fsp3) is 0.833. The molecule has 0 amide bonds. The normalized spacial score (nSPS) is 18.1. The Labute approximate surface area is 127 Å². The van der Waals surface area contributed by atoms with Crippen molar-refractivity contribution in [3.05, 3.63) is 0 Å². The Morgan fingerprint density at radius 3 is 1.79 bits per heavy atom.